The number of halogens is 1. The molecule has 1 fully saturated rings. The van der Waals surface area contributed by atoms with Crippen LogP contribution in [0.2, 0.25) is 0 Å². The fraction of sp³-hybridized carbons (Fsp3) is 0.529. The summed E-state index contributed by atoms with van der Waals surface area (Å²) in [6.07, 6.45) is 8.13. The number of anilines is 1. The third-order valence-electron chi connectivity index (χ3n) is 3.81. The molecule has 0 aliphatic heterocycles. The average Bonchev–Trinajstić information content (AvgIpc) is 3.05. The van der Waals surface area contributed by atoms with Crippen LogP contribution in [0.4, 0.5) is 9.52 Å². The molecule has 0 spiro atoms. The Morgan fingerprint density at radius 1 is 1.27 bits per heavy atom. The van der Waals surface area contributed by atoms with E-state index in [0.717, 1.165) is 17.6 Å². The minimum absolute atomic E-state index is 0.461. The summed E-state index contributed by atoms with van der Waals surface area (Å²) >= 11 is 1.52. The largest absolute Gasteiger partial charge is 0.361 e. The lowest BCUT2D eigenvalue weighted by molar-refractivity contribution is 0.373. The molecule has 2 aromatic rings. The molecule has 1 N–H and O–H groups in total. The molecule has 22 heavy (non-hydrogen) atoms. The van der Waals surface area contributed by atoms with Crippen molar-refractivity contribution in [1.82, 2.24) is 9.97 Å². The van der Waals surface area contributed by atoms with Crippen molar-refractivity contribution in [2.24, 2.45) is 5.92 Å². The zero-order valence-electron chi connectivity index (χ0n) is 13.3. The number of pyridine rings is 1. The maximum absolute atomic E-state index is 13.6. The molecule has 3 rings (SSSR count). The zero-order chi connectivity index (χ0) is 15.8. The summed E-state index contributed by atoms with van der Waals surface area (Å²) in [5.74, 6) is 0.294. The van der Waals surface area contributed by atoms with Gasteiger partial charge < -0.3 is 5.32 Å². The predicted octanol–water partition coefficient (Wildman–Crippen LogP) is 5.36. The average molecular weight is 321 g/mol. The second-order valence-corrected chi connectivity index (χ2v) is 6.12. The van der Waals surface area contributed by atoms with Crippen LogP contribution >= 0.6 is 11.3 Å². The summed E-state index contributed by atoms with van der Waals surface area (Å²) in [7, 11) is 0. The highest BCUT2D eigenvalue weighted by Gasteiger charge is 2.14. The van der Waals surface area contributed by atoms with Gasteiger partial charge in [0, 0.05) is 18.1 Å². The van der Waals surface area contributed by atoms with Crippen molar-refractivity contribution in [3.63, 3.8) is 0 Å². The van der Waals surface area contributed by atoms with E-state index in [1.807, 2.05) is 19.2 Å². The van der Waals surface area contributed by atoms with Gasteiger partial charge in [-0.1, -0.05) is 33.1 Å². The van der Waals surface area contributed by atoms with Crippen LogP contribution in [0.25, 0.3) is 11.3 Å². The van der Waals surface area contributed by atoms with Gasteiger partial charge >= 0.3 is 0 Å². The quantitative estimate of drug-likeness (QED) is 0.770. The van der Waals surface area contributed by atoms with Gasteiger partial charge in [0.2, 0.25) is 5.95 Å². The van der Waals surface area contributed by atoms with Crippen molar-refractivity contribution in [2.45, 2.75) is 46.0 Å². The third kappa shape index (κ3) is 4.50. The molecule has 1 saturated carbocycles. The molecule has 2 aromatic heterocycles. The highest BCUT2D eigenvalue weighted by atomic mass is 32.1. The Balaban J connectivity index is 0.000000847. The van der Waals surface area contributed by atoms with Crippen LogP contribution in [0.15, 0.2) is 23.7 Å². The van der Waals surface area contributed by atoms with Crippen LogP contribution in [0.1, 0.15) is 46.0 Å². The van der Waals surface area contributed by atoms with E-state index >= 15 is 0 Å². The predicted molar refractivity (Wildman–Crippen MR) is 91.7 cm³/mol. The number of hydrogen-bond donors (Lipinski definition) is 1. The van der Waals surface area contributed by atoms with Crippen LogP contribution in [-0.4, -0.2) is 16.5 Å². The monoisotopic (exact) mass is 321 g/mol. The fourth-order valence-electron chi connectivity index (χ4n) is 2.68. The number of nitrogens with zero attached hydrogens (tertiary/aromatic N) is 2. The van der Waals surface area contributed by atoms with E-state index in [9.17, 15) is 4.39 Å². The molecule has 5 heteroatoms. The van der Waals surface area contributed by atoms with E-state index < -0.39 is 5.95 Å². The lowest BCUT2D eigenvalue weighted by atomic mass is 9.89. The summed E-state index contributed by atoms with van der Waals surface area (Å²) in [5.41, 5.74) is 1.13. The van der Waals surface area contributed by atoms with E-state index in [0.29, 0.717) is 11.3 Å². The SMILES string of the molecule is CC.Fc1ncccc1-c1csc(NCC2CCCCC2)n1. The number of rotatable bonds is 4. The van der Waals surface area contributed by atoms with Gasteiger partial charge in [-0.25, -0.2) is 9.97 Å². The summed E-state index contributed by atoms with van der Waals surface area (Å²) in [4.78, 5) is 8.11. The van der Waals surface area contributed by atoms with Crippen molar-refractivity contribution in [2.75, 3.05) is 11.9 Å². The van der Waals surface area contributed by atoms with E-state index in [2.05, 4.69) is 15.3 Å². The molecule has 0 amide bonds. The summed E-state index contributed by atoms with van der Waals surface area (Å²) in [5, 5.41) is 6.14. The Kier molecular flexibility index (Phi) is 6.77. The first kappa shape index (κ1) is 16.9. The van der Waals surface area contributed by atoms with Crippen LogP contribution < -0.4 is 5.32 Å². The lowest BCUT2D eigenvalue weighted by Gasteiger charge is -2.21. The minimum atomic E-state index is -0.461. The maximum Gasteiger partial charge on any atom is 0.222 e. The van der Waals surface area contributed by atoms with Crippen LogP contribution in [0.5, 0.6) is 0 Å². The van der Waals surface area contributed by atoms with Gasteiger partial charge in [0.15, 0.2) is 5.13 Å². The van der Waals surface area contributed by atoms with Crippen molar-refractivity contribution in [1.29, 1.82) is 0 Å². The first-order chi connectivity index (χ1) is 10.8. The van der Waals surface area contributed by atoms with E-state index in [-0.39, 0.29) is 0 Å². The summed E-state index contributed by atoms with van der Waals surface area (Å²) < 4.78 is 13.6. The van der Waals surface area contributed by atoms with Crippen molar-refractivity contribution in [3.05, 3.63) is 29.7 Å². The van der Waals surface area contributed by atoms with Crippen LogP contribution in [0.3, 0.4) is 0 Å². The minimum Gasteiger partial charge on any atom is -0.361 e. The standard InChI is InChI=1S/C15H18FN3S.C2H6/c16-14-12(7-4-8-17-14)13-10-20-15(19-13)18-9-11-5-2-1-3-6-11;1-2/h4,7-8,10-11H,1-3,5-6,9H2,(H,18,19);1-2H3. The molecule has 2 heterocycles. The lowest BCUT2D eigenvalue weighted by Crippen LogP contribution is -2.16. The van der Waals surface area contributed by atoms with Crippen molar-refractivity contribution < 1.29 is 4.39 Å². The summed E-state index contributed by atoms with van der Waals surface area (Å²) in [6, 6.07) is 3.44. The number of hydrogen-bond acceptors (Lipinski definition) is 4. The van der Waals surface area contributed by atoms with Gasteiger partial charge in [-0.2, -0.15) is 4.39 Å². The van der Waals surface area contributed by atoms with Gasteiger partial charge in [-0.3, -0.25) is 0 Å². The Labute approximate surface area is 136 Å². The smallest absolute Gasteiger partial charge is 0.222 e. The third-order valence-corrected chi connectivity index (χ3v) is 4.61. The molecular weight excluding hydrogens is 297 g/mol. The zero-order valence-corrected chi connectivity index (χ0v) is 14.1. The second-order valence-electron chi connectivity index (χ2n) is 5.26. The molecule has 1 aliphatic carbocycles. The van der Waals surface area contributed by atoms with Crippen LogP contribution in [0, 0.1) is 11.9 Å². The number of aromatic nitrogens is 2. The molecule has 0 unspecified atom stereocenters. The van der Waals surface area contributed by atoms with E-state index in [1.165, 1.54) is 49.6 Å². The normalized spacial score (nSPS) is 15.0. The molecule has 0 atom stereocenters. The fourth-order valence-corrected chi connectivity index (χ4v) is 3.40. The molecular formula is C17H24FN3S. The van der Waals surface area contributed by atoms with Crippen LogP contribution in [-0.2, 0) is 0 Å². The first-order valence-electron chi connectivity index (χ1n) is 8.13. The molecule has 1 aliphatic rings. The Morgan fingerprint density at radius 2 is 2.05 bits per heavy atom. The number of nitrogens with one attached hydrogen (secondary N) is 1. The van der Waals surface area contributed by atoms with Crippen molar-refractivity contribution in [3.8, 4) is 11.3 Å². The van der Waals surface area contributed by atoms with Gasteiger partial charge in [0.1, 0.15) is 0 Å². The summed E-state index contributed by atoms with van der Waals surface area (Å²) in [6.45, 7) is 4.97. The van der Waals surface area contributed by atoms with Gasteiger partial charge in [0.25, 0.3) is 0 Å². The Morgan fingerprint density at radius 3 is 2.77 bits per heavy atom. The highest BCUT2D eigenvalue weighted by molar-refractivity contribution is 7.14. The molecule has 0 aromatic carbocycles. The Bertz CT molecular complexity index is 565. The van der Waals surface area contributed by atoms with E-state index in [4.69, 9.17) is 0 Å². The van der Waals surface area contributed by atoms with Crippen molar-refractivity contribution >= 4 is 16.5 Å². The topological polar surface area (TPSA) is 37.8 Å². The molecule has 0 bridgehead atoms. The Hall–Kier alpha value is -1.49. The maximum atomic E-state index is 13.6. The number of thiazole rings is 1. The highest BCUT2D eigenvalue weighted by Crippen LogP contribution is 2.28. The van der Waals surface area contributed by atoms with Gasteiger partial charge in [0.05, 0.1) is 11.3 Å². The second kappa shape index (κ2) is 8.83. The molecule has 120 valence electrons. The van der Waals surface area contributed by atoms with Gasteiger partial charge in [-0.15, -0.1) is 11.3 Å². The van der Waals surface area contributed by atoms with E-state index in [1.54, 1.807) is 12.1 Å². The molecule has 0 saturated heterocycles. The van der Waals surface area contributed by atoms with Gasteiger partial charge in [-0.05, 0) is 30.9 Å². The first-order valence-corrected chi connectivity index (χ1v) is 9.01. The molecule has 3 nitrogen and oxygen atoms in total. The molecule has 0 radical (unpaired) electrons.